The van der Waals surface area contributed by atoms with Crippen molar-refractivity contribution in [2.75, 3.05) is 11.9 Å². The largest absolute Gasteiger partial charge is 0.461 e. The molecule has 0 aliphatic carbocycles. The summed E-state index contributed by atoms with van der Waals surface area (Å²) in [5, 5.41) is 10.8. The molecule has 0 aliphatic heterocycles. The topological polar surface area (TPSA) is 194 Å². The third-order valence-electron chi connectivity index (χ3n) is 7.07. The highest BCUT2D eigenvalue weighted by Gasteiger charge is 2.28. The van der Waals surface area contributed by atoms with E-state index in [1.807, 2.05) is 13.8 Å². The third-order valence-corrected chi connectivity index (χ3v) is 7.07. The van der Waals surface area contributed by atoms with Gasteiger partial charge in [-0.15, -0.1) is 0 Å². The van der Waals surface area contributed by atoms with Gasteiger partial charge in [-0.05, 0) is 42.9 Å². The molecule has 2 atom stereocenters. The molecule has 260 valence electrons. The summed E-state index contributed by atoms with van der Waals surface area (Å²) in [6.07, 6.45) is 5.06. The molecule has 13 heteroatoms. The number of rotatable bonds is 17. The van der Waals surface area contributed by atoms with Crippen molar-refractivity contribution in [3.63, 3.8) is 0 Å². The molecule has 0 saturated heterocycles. The summed E-state index contributed by atoms with van der Waals surface area (Å²) < 4.78 is 5.24. The van der Waals surface area contributed by atoms with E-state index in [4.69, 9.17) is 10.5 Å². The van der Waals surface area contributed by atoms with Crippen LogP contribution in [0.25, 0.3) is 0 Å². The number of urea groups is 1. The minimum Gasteiger partial charge on any atom is -0.461 e. The molecule has 1 aromatic heterocycles. The highest BCUT2D eigenvalue weighted by Crippen LogP contribution is 2.14. The molecule has 6 N–H and O–H groups in total. The predicted octanol–water partition coefficient (Wildman–Crippen LogP) is 3.53. The van der Waals surface area contributed by atoms with Gasteiger partial charge in [0.2, 0.25) is 17.7 Å². The van der Waals surface area contributed by atoms with E-state index >= 15 is 0 Å². The first-order valence-corrected chi connectivity index (χ1v) is 16.3. The molecule has 5 amide bonds. The minimum absolute atomic E-state index is 0.106. The molecule has 0 fully saturated rings. The number of esters is 1. The second-order valence-electron chi connectivity index (χ2n) is 12.4. The summed E-state index contributed by atoms with van der Waals surface area (Å²) in [7, 11) is 0. The van der Waals surface area contributed by atoms with E-state index in [1.54, 1.807) is 64.4 Å². The van der Waals surface area contributed by atoms with Gasteiger partial charge in [0.05, 0.1) is 11.5 Å². The number of nitrogens with two attached hydrogens (primary N) is 1. The second kappa shape index (κ2) is 20.3. The number of nitrogens with zero attached hydrogens (tertiary/aromatic N) is 2. The molecule has 0 unspecified atom stereocenters. The van der Waals surface area contributed by atoms with Gasteiger partial charge < -0.3 is 31.7 Å². The summed E-state index contributed by atoms with van der Waals surface area (Å²) >= 11 is 0. The minimum atomic E-state index is -0.967. The fourth-order valence-electron chi connectivity index (χ4n) is 4.27. The Bertz CT molecular complexity index is 1430. The zero-order valence-electron chi connectivity index (χ0n) is 28.7. The number of benzene rings is 1. The van der Waals surface area contributed by atoms with E-state index in [2.05, 4.69) is 43.1 Å². The van der Waals surface area contributed by atoms with Crippen molar-refractivity contribution < 1.29 is 28.7 Å². The fourth-order valence-corrected chi connectivity index (χ4v) is 4.27. The molecule has 48 heavy (non-hydrogen) atoms. The Labute approximate surface area is 283 Å². The normalized spacial score (nSPS) is 12.0. The van der Waals surface area contributed by atoms with Crippen LogP contribution in [0.4, 0.5) is 10.5 Å². The van der Waals surface area contributed by atoms with Gasteiger partial charge in [-0.25, -0.2) is 14.8 Å². The first kappa shape index (κ1) is 39.2. The van der Waals surface area contributed by atoms with Crippen LogP contribution in [0.1, 0.15) is 96.5 Å². The number of ether oxygens (including phenoxy) is 1. The Morgan fingerprint density at radius 2 is 1.56 bits per heavy atom. The first-order valence-electron chi connectivity index (χ1n) is 16.3. The van der Waals surface area contributed by atoms with E-state index in [-0.39, 0.29) is 55.6 Å². The maximum Gasteiger partial charge on any atom is 0.312 e. The van der Waals surface area contributed by atoms with Crippen LogP contribution in [0, 0.1) is 23.7 Å². The van der Waals surface area contributed by atoms with Gasteiger partial charge in [-0.1, -0.05) is 65.5 Å². The van der Waals surface area contributed by atoms with Crippen molar-refractivity contribution in [3.05, 3.63) is 53.6 Å². The Morgan fingerprint density at radius 1 is 0.896 bits per heavy atom. The van der Waals surface area contributed by atoms with Crippen LogP contribution < -0.4 is 27.0 Å². The number of nitrogens with one attached hydrogen (secondary N) is 4. The van der Waals surface area contributed by atoms with Crippen LogP contribution in [0.5, 0.6) is 0 Å². The number of anilines is 1. The van der Waals surface area contributed by atoms with Gasteiger partial charge in [0.25, 0.3) is 0 Å². The smallest absolute Gasteiger partial charge is 0.312 e. The molecule has 13 nitrogen and oxygen atoms in total. The number of unbranched alkanes of at least 4 members (excludes halogenated alkanes) is 1. The van der Waals surface area contributed by atoms with Crippen LogP contribution in [0.3, 0.4) is 0 Å². The summed E-state index contributed by atoms with van der Waals surface area (Å²) in [5.41, 5.74) is 7.07. The van der Waals surface area contributed by atoms with Gasteiger partial charge in [-0.3, -0.25) is 19.2 Å². The molecule has 0 saturated carbocycles. The van der Waals surface area contributed by atoms with Crippen LogP contribution in [-0.4, -0.2) is 58.3 Å². The standard InChI is InChI=1S/C35H49N7O6/c1-22(2)30(42-29(43)13-9-7-8-11-26-19-38-31(23(3)4)39-20-26)33(45)41-28(12-10-18-37-35(36)47)32(44)40-27-16-14-25(15-17-27)21-48-34(46)24(5)6/h14-17,19-20,22-24,28,30H,7,9-10,12-13,18,21H2,1-6H3,(H,40,44)(H,41,45)(H,42,43)(H3,36,37,47)/t28-,30-/m0/s1. The highest BCUT2D eigenvalue weighted by atomic mass is 16.5. The number of aromatic nitrogens is 2. The van der Waals surface area contributed by atoms with Crippen molar-refractivity contribution in [1.29, 1.82) is 0 Å². The third kappa shape index (κ3) is 14.6. The van der Waals surface area contributed by atoms with Crippen molar-refractivity contribution in [2.45, 2.75) is 98.3 Å². The zero-order chi connectivity index (χ0) is 35.6. The predicted molar refractivity (Wildman–Crippen MR) is 182 cm³/mol. The Balaban J connectivity index is 1.98. The number of hydrogen-bond donors (Lipinski definition) is 5. The average Bonchev–Trinajstić information content (AvgIpc) is 3.04. The summed E-state index contributed by atoms with van der Waals surface area (Å²) in [4.78, 5) is 70.9. The number of amides is 5. The van der Waals surface area contributed by atoms with Gasteiger partial charge in [-0.2, -0.15) is 0 Å². The van der Waals surface area contributed by atoms with Crippen molar-refractivity contribution in [1.82, 2.24) is 25.9 Å². The monoisotopic (exact) mass is 663 g/mol. The van der Waals surface area contributed by atoms with Gasteiger partial charge >= 0.3 is 12.0 Å². The zero-order valence-corrected chi connectivity index (χ0v) is 28.7. The summed E-state index contributed by atoms with van der Waals surface area (Å²) in [6.45, 7) is 11.4. The maximum atomic E-state index is 13.4. The lowest BCUT2D eigenvalue weighted by atomic mass is 10.0. The average molecular weight is 664 g/mol. The fraction of sp³-hybridized carbons (Fsp3) is 0.514. The molecular weight excluding hydrogens is 614 g/mol. The molecule has 0 aliphatic rings. The lowest BCUT2D eigenvalue weighted by molar-refractivity contribution is -0.148. The van der Waals surface area contributed by atoms with Crippen LogP contribution in [-0.2, 0) is 30.5 Å². The van der Waals surface area contributed by atoms with Gasteiger partial charge in [0.1, 0.15) is 24.5 Å². The number of carbonyl (C=O) groups excluding carboxylic acids is 5. The Morgan fingerprint density at radius 3 is 2.15 bits per heavy atom. The number of hydrogen-bond acceptors (Lipinski definition) is 8. The summed E-state index contributed by atoms with van der Waals surface area (Å²) in [6, 6.07) is 4.24. The molecule has 0 bridgehead atoms. The molecule has 2 rings (SSSR count). The van der Waals surface area contributed by atoms with Crippen LogP contribution >= 0.6 is 0 Å². The van der Waals surface area contributed by atoms with Crippen molar-refractivity contribution in [2.24, 2.45) is 17.6 Å². The molecule has 2 aromatic rings. The van der Waals surface area contributed by atoms with Crippen LogP contribution in [0.2, 0.25) is 0 Å². The van der Waals surface area contributed by atoms with E-state index in [9.17, 15) is 24.0 Å². The van der Waals surface area contributed by atoms with Crippen molar-refractivity contribution >= 4 is 35.4 Å². The molecule has 0 spiro atoms. The lowest BCUT2D eigenvalue weighted by Crippen LogP contribution is -2.54. The van der Waals surface area contributed by atoms with E-state index in [1.165, 1.54) is 0 Å². The van der Waals surface area contributed by atoms with Gasteiger partial charge in [0, 0.05) is 43.4 Å². The highest BCUT2D eigenvalue weighted by molar-refractivity contribution is 5.98. The quantitative estimate of drug-likeness (QED) is 0.0963. The van der Waals surface area contributed by atoms with E-state index in [0.29, 0.717) is 30.5 Å². The summed E-state index contributed by atoms with van der Waals surface area (Å²) in [5.74, 6) is 4.91. The lowest BCUT2D eigenvalue weighted by Gasteiger charge is -2.25. The molecule has 1 heterocycles. The molecular formula is C35H49N7O6. The maximum absolute atomic E-state index is 13.4. The van der Waals surface area contributed by atoms with Gasteiger partial charge in [0.15, 0.2) is 0 Å². The van der Waals surface area contributed by atoms with Crippen molar-refractivity contribution in [3.8, 4) is 11.8 Å². The second-order valence-corrected chi connectivity index (χ2v) is 12.4. The van der Waals surface area contributed by atoms with E-state index < -0.39 is 29.9 Å². The Hall–Kier alpha value is -4.99. The molecule has 0 radical (unpaired) electrons. The Kier molecular flexibility index (Phi) is 16.6. The molecule has 1 aromatic carbocycles. The SMILES string of the molecule is CC(C)C(=O)OCc1ccc(NC(=O)[C@H](CCCNC(N)=O)NC(=O)[C@@H](NC(=O)CCCC#Cc2cnc(C(C)C)nc2)C(C)C)cc1. The first-order chi connectivity index (χ1) is 22.8. The van der Waals surface area contributed by atoms with Crippen LogP contribution in [0.15, 0.2) is 36.7 Å². The number of carbonyl (C=O) groups is 5. The number of primary amides is 1. The van der Waals surface area contributed by atoms with E-state index in [0.717, 1.165) is 11.4 Å².